The molecule has 0 unspecified atom stereocenters. The molecule has 0 saturated carbocycles. The molecule has 1 atom stereocenters. The first-order chi connectivity index (χ1) is 18.6. The maximum Gasteiger partial charge on any atom is 0.264 e. The molecule has 3 aromatic rings. The Labute approximate surface area is 240 Å². The number of para-hydroxylation sites is 1. The van der Waals surface area contributed by atoms with Gasteiger partial charge in [-0.1, -0.05) is 79.0 Å². The Balaban J connectivity index is 2.02. The van der Waals surface area contributed by atoms with E-state index in [1.54, 1.807) is 74.5 Å². The Morgan fingerprint density at radius 3 is 2.28 bits per heavy atom. The topological polar surface area (TPSA) is 86.8 Å². The number of unbranched alkanes of at least 4 members (excludes halogenated alkanes) is 1. The molecule has 0 aliphatic rings. The molecule has 0 radical (unpaired) electrons. The number of nitrogens with zero attached hydrogens (tertiary/aromatic N) is 2. The second-order valence-electron chi connectivity index (χ2n) is 9.19. The fourth-order valence-electron chi connectivity index (χ4n) is 4.03. The van der Waals surface area contributed by atoms with Crippen molar-refractivity contribution >= 4 is 50.7 Å². The predicted molar refractivity (Wildman–Crippen MR) is 157 cm³/mol. The van der Waals surface area contributed by atoms with Gasteiger partial charge in [0.2, 0.25) is 11.8 Å². The van der Waals surface area contributed by atoms with E-state index >= 15 is 0 Å². The van der Waals surface area contributed by atoms with E-state index in [2.05, 4.69) is 5.32 Å². The van der Waals surface area contributed by atoms with Gasteiger partial charge in [-0.2, -0.15) is 0 Å². The van der Waals surface area contributed by atoms with Gasteiger partial charge in [0.05, 0.1) is 10.6 Å². The van der Waals surface area contributed by atoms with E-state index in [1.807, 2.05) is 6.92 Å². The fraction of sp³-hybridized carbons (Fsp3) is 0.310. The number of amides is 2. The van der Waals surface area contributed by atoms with Gasteiger partial charge in [-0.15, -0.1) is 0 Å². The zero-order chi connectivity index (χ0) is 28.6. The van der Waals surface area contributed by atoms with Crippen molar-refractivity contribution in [3.8, 4) is 0 Å². The molecule has 0 aliphatic heterocycles. The minimum absolute atomic E-state index is 0.00973. The molecule has 0 aliphatic carbocycles. The molecule has 208 valence electrons. The molecule has 0 spiro atoms. The van der Waals surface area contributed by atoms with Gasteiger partial charge in [-0.3, -0.25) is 13.9 Å². The highest BCUT2D eigenvalue weighted by Crippen LogP contribution is 2.28. The molecule has 1 N–H and O–H groups in total. The first kappa shape index (κ1) is 30.5. The van der Waals surface area contributed by atoms with E-state index in [4.69, 9.17) is 23.2 Å². The van der Waals surface area contributed by atoms with Crippen molar-refractivity contribution in [1.82, 2.24) is 10.2 Å². The lowest BCUT2D eigenvalue weighted by Gasteiger charge is -2.32. The second kappa shape index (κ2) is 13.8. The second-order valence-corrected chi connectivity index (χ2v) is 11.9. The van der Waals surface area contributed by atoms with Gasteiger partial charge in [0, 0.05) is 23.1 Å². The van der Waals surface area contributed by atoms with Gasteiger partial charge in [0.25, 0.3) is 10.0 Å². The number of sulfonamides is 1. The zero-order valence-electron chi connectivity index (χ0n) is 22.2. The third-order valence-corrected chi connectivity index (χ3v) is 8.71. The minimum atomic E-state index is -4.11. The Bertz CT molecular complexity index is 1400. The molecule has 0 aromatic heterocycles. The molecule has 10 heteroatoms. The van der Waals surface area contributed by atoms with Crippen molar-refractivity contribution in [2.24, 2.45) is 0 Å². The molecular formula is C29H33Cl2N3O4S. The van der Waals surface area contributed by atoms with E-state index in [-0.39, 0.29) is 17.3 Å². The monoisotopic (exact) mass is 589 g/mol. The van der Waals surface area contributed by atoms with E-state index in [1.165, 1.54) is 17.0 Å². The van der Waals surface area contributed by atoms with Gasteiger partial charge in [-0.25, -0.2) is 8.42 Å². The van der Waals surface area contributed by atoms with E-state index < -0.39 is 28.5 Å². The van der Waals surface area contributed by atoms with E-state index in [0.29, 0.717) is 33.4 Å². The smallest absolute Gasteiger partial charge is 0.264 e. The van der Waals surface area contributed by atoms with Crippen molar-refractivity contribution in [3.63, 3.8) is 0 Å². The Kier molecular flexibility index (Phi) is 10.8. The lowest BCUT2D eigenvalue weighted by atomic mass is 10.1. The molecule has 7 nitrogen and oxygen atoms in total. The van der Waals surface area contributed by atoms with Gasteiger partial charge in [-0.05, 0) is 61.7 Å². The van der Waals surface area contributed by atoms with Crippen LogP contribution in [-0.2, 0) is 26.2 Å². The van der Waals surface area contributed by atoms with Crippen molar-refractivity contribution < 1.29 is 18.0 Å². The van der Waals surface area contributed by atoms with E-state index in [9.17, 15) is 18.0 Å². The number of carbonyl (C=O) groups excluding carboxylic acids is 2. The first-order valence-electron chi connectivity index (χ1n) is 12.7. The number of hydrogen-bond donors (Lipinski definition) is 1. The summed E-state index contributed by atoms with van der Waals surface area (Å²) in [6, 6.07) is 18.9. The molecule has 2 amide bonds. The third kappa shape index (κ3) is 7.75. The zero-order valence-corrected chi connectivity index (χ0v) is 24.6. The Morgan fingerprint density at radius 2 is 1.64 bits per heavy atom. The Morgan fingerprint density at radius 1 is 0.974 bits per heavy atom. The fourth-order valence-corrected chi connectivity index (χ4v) is 6.00. The standard InChI is InChI=1S/C29H33Cl2N3O4S/c1-4-5-17-32-29(36)22(3)33(19-23-15-16-24(30)18-26(23)31)28(35)20-34(27-14-10-9-11-21(27)2)39(37,38)25-12-7-6-8-13-25/h6-16,18,22H,4-5,17,19-20H2,1-3H3,(H,32,36)/t22-/m0/s1. The summed E-state index contributed by atoms with van der Waals surface area (Å²) in [5, 5.41) is 3.64. The van der Waals surface area contributed by atoms with Gasteiger partial charge in [0.15, 0.2) is 0 Å². The van der Waals surface area contributed by atoms with Crippen molar-refractivity contribution in [2.45, 2.75) is 51.1 Å². The van der Waals surface area contributed by atoms with Crippen molar-refractivity contribution in [3.05, 3.63) is 94.0 Å². The summed E-state index contributed by atoms with van der Waals surface area (Å²) in [4.78, 5) is 28.4. The van der Waals surface area contributed by atoms with Crippen LogP contribution in [0.2, 0.25) is 10.0 Å². The normalized spacial score (nSPS) is 12.0. The molecule has 39 heavy (non-hydrogen) atoms. The van der Waals surface area contributed by atoms with Crippen LogP contribution in [0, 0.1) is 6.92 Å². The van der Waals surface area contributed by atoms with Gasteiger partial charge < -0.3 is 10.2 Å². The molecule has 3 rings (SSSR count). The van der Waals surface area contributed by atoms with Crippen molar-refractivity contribution in [2.75, 3.05) is 17.4 Å². The Hall–Kier alpha value is -3.07. The molecular weight excluding hydrogens is 557 g/mol. The predicted octanol–water partition coefficient (Wildman–Crippen LogP) is 5.83. The molecule has 0 fully saturated rings. The summed E-state index contributed by atoms with van der Waals surface area (Å²) in [7, 11) is -4.11. The highest BCUT2D eigenvalue weighted by atomic mass is 35.5. The van der Waals surface area contributed by atoms with Crippen LogP contribution in [0.15, 0.2) is 77.7 Å². The summed E-state index contributed by atoms with van der Waals surface area (Å²) in [5.74, 6) is -0.892. The van der Waals surface area contributed by atoms with Crippen LogP contribution < -0.4 is 9.62 Å². The van der Waals surface area contributed by atoms with Crippen LogP contribution in [0.4, 0.5) is 5.69 Å². The summed E-state index contributed by atoms with van der Waals surface area (Å²) < 4.78 is 28.7. The number of halogens is 2. The average Bonchev–Trinajstić information content (AvgIpc) is 2.92. The first-order valence-corrected chi connectivity index (χ1v) is 14.9. The quantitative estimate of drug-likeness (QED) is 0.269. The van der Waals surface area contributed by atoms with Crippen molar-refractivity contribution in [1.29, 1.82) is 0 Å². The number of hydrogen-bond acceptors (Lipinski definition) is 4. The lowest BCUT2D eigenvalue weighted by Crippen LogP contribution is -2.51. The largest absolute Gasteiger partial charge is 0.354 e. The van der Waals surface area contributed by atoms with Crippen LogP contribution in [0.5, 0.6) is 0 Å². The number of carbonyl (C=O) groups is 2. The number of nitrogens with one attached hydrogen (secondary N) is 1. The third-order valence-electron chi connectivity index (χ3n) is 6.35. The summed E-state index contributed by atoms with van der Waals surface area (Å²) in [5.41, 5.74) is 1.64. The average molecular weight is 591 g/mol. The highest BCUT2D eigenvalue weighted by Gasteiger charge is 2.33. The van der Waals surface area contributed by atoms with Crippen LogP contribution in [0.1, 0.15) is 37.8 Å². The minimum Gasteiger partial charge on any atom is -0.354 e. The van der Waals surface area contributed by atoms with Crippen LogP contribution in [0.25, 0.3) is 0 Å². The SMILES string of the molecule is CCCCNC(=O)[C@H](C)N(Cc1ccc(Cl)cc1Cl)C(=O)CN(c1ccccc1C)S(=O)(=O)c1ccccc1. The highest BCUT2D eigenvalue weighted by molar-refractivity contribution is 7.92. The van der Waals surface area contributed by atoms with Crippen LogP contribution in [0.3, 0.4) is 0 Å². The van der Waals surface area contributed by atoms with Gasteiger partial charge in [0.1, 0.15) is 12.6 Å². The van der Waals surface area contributed by atoms with E-state index in [0.717, 1.165) is 17.1 Å². The molecule has 0 bridgehead atoms. The summed E-state index contributed by atoms with van der Waals surface area (Å²) in [6.45, 7) is 5.36. The van der Waals surface area contributed by atoms with Crippen LogP contribution in [-0.4, -0.2) is 44.3 Å². The molecule has 3 aromatic carbocycles. The number of benzene rings is 3. The number of rotatable bonds is 12. The summed E-state index contributed by atoms with van der Waals surface area (Å²) >= 11 is 12.5. The number of anilines is 1. The summed E-state index contributed by atoms with van der Waals surface area (Å²) in [6.07, 6.45) is 1.70. The maximum atomic E-state index is 13.9. The lowest BCUT2D eigenvalue weighted by molar-refractivity contribution is -0.139. The number of aryl methyl sites for hydroxylation is 1. The van der Waals surface area contributed by atoms with Gasteiger partial charge >= 0.3 is 0 Å². The molecule has 0 saturated heterocycles. The maximum absolute atomic E-state index is 13.9. The van der Waals surface area contributed by atoms with Crippen LogP contribution >= 0.6 is 23.2 Å². The molecule has 0 heterocycles.